The SMILES string of the molecule is O=C(N[C@H](c1ccc2c(c1)CCO2)C1CC(O)C1)c1c[nH]c(=O)[nH]c1=O. The number of aromatic nitrogens is 2. The Morgan fingerprint density at radius 2 is 2.12 bits per heavy atom. The number of benzene rings is 1. The molecule has 0 spiro atoms. The topological polar surface area (TPSA) is 124 Å². The molecule has 0 unspecified atom stereocenters. The van der Waals surface area contributed by atoms with E-state index < -0.39 is 17.2 Å². The molecular formula is C18H19N3O5. The van der Waals surface area contributed by atoms with Crippen LogP contribution in [0.15, 0.2) is 34.0 Å². The zero-order chi connectivity index (χ0) is 18.3. The summed E-state index contributed by atoms with van der Waals surface area (Å²) < 4.78 is 5.52. The highest BCUT2D eigenvalue weighted by Gasteiger charge is 2.36. The highest BCUT2D eigenvalue weighted by Crippen LogP contribution is 2.39. The van der Waals surface area contributed by atoms with Crippen LogP contribution in [-0.2, 0) is 6.42 Å². The molecule has 4 rings (SSSR count). The minimum Gasteiger partial charge on any atom is -0.493 e. The number of hydrogen-bond donors (Lipinski definition) is 4. The van der Waals surface area contributed by atoms with E-state index in [0.717, 1.165) is 29.5 Å². The summed E-state index contributed by atoms with van der Waals surface area (Å²) in [5.41, 5.74) is 0.452. The van der Waals surface area contributed by atoms with Gasteiger partial charge in [0.1, 0.15) is 11.3 Å². The Kier molecular flexibility index (Phi) is 4.12. The van der Waals surface area contributed by atoms with Crippen LogP contribution in [0.1, 0.15) is 40.4 Å². The summed E-state index contributed by atoms with van der Waals surface area (Å²) in [4.78, 5) is 39.9. The van der Waals surface area contributed by atoms with Gasteiger partial charge in [0.2, 0.25) is 0 Å². The number of nitrogens with one attached hydrogen (secondary N) is 3. The highest BCUT2D eigenvalue weighted by molar-refractivity contribution is 5.93. The number of H-pyrrole nitrogens is 2. The van der Waals surface area contributed by atoms with E-state index >= 15 is 0 Å². The van der Waals surface area contributed by atoms with Crippen molar-refractivity contribution in [2.24, 2.45) is 5.92 Å². The Balaban J connectivity index is 1.62. The average Bonchev–Trinajstić information content (AvgIpc) is 3.04. The second-order valence-corrected chi connectivity index (χ2v) is 6.79. The van der Waals surface area contributed by atoms with Gasteiger partial charge in [0.15, 0.2) is 0 Å². The Morgan fingerprint density at radius 3 is 2.85 bits per heavy atom. The van der Waals surface area contributed by atoms with Crippen LogP contribution >= 0.6 is 0 Å². The van der Waals surface area contributed by atoms with Gasteiger partial charge in [-0.3, -0.25) is 14.6 Å². The minimum atomic E-state index is -0.735. The van der Waals surface area contributed by atoms with Gasteiger partial charge in [0, 0.05) is 12.6 Å². The van der Waals surface area contributed by atoms with Crippen molar-refractivity contribution in [2.45, 2.75) is 31.4 Å². The maximum absolute atomic E-state index is 12.6. The first-order valence-corrected chi connectivity index (χ1v) is 8.58. The van der Waals surface area contributed by atoms with Crippen molar-refractivity contribution in [1.29, 1.82) is 0 Å². The molecule has 1 amide bonds. The van der Waals surface area contributed by atoms with E-state index in [1.165, 1.54) is 0 Å². The molecule has 1 aromatic carbocycles. The minimum absolute atomic E-state index is 0.0798. The van der Waals surface area contributed by atoms with Gasteiger partial charge in [-0.15, -0.1) is 0 Å². The molecule has 1 aliphatic carbocycles. The smallest absolute Gasteiger partial charge is 0.325 e. The van der Waals surface area contributed by atoms with Crippen molar-refractivity contribution < 1.29 is 14.6 Å². The molecule has 26 heavy (non-hydrogen) atoms. The van der Waals surface area contributed by atoms with Gasteiger partial charge in [-0.2, -0.15) is 0 Å². The standard InChI is InChI=1S/C18H19N3O5/c22-12-6-11(7-12)15(10-1-2-14-9(5-10)3-4-26-14)20-16(23)13-8-19-18(25)21-17(13)24/h1-2,5,8,11-12,15,22H,3-4,6-7H2,(H,20,23)(H2,19,21,24,25)/t11?,12?,15-/m1/s1. The van der Waals surface area contributed by atoms with Crippen LogP contribution in [0.2, 0.25) is 0 Å². The Bertz CT molecular complexity index is 958. The molecule has 0 radical (unpaired) electrons. The monoisotopic (exact) mass is 357 g/mol. The van der Waals surface area contributed by atoms with Gasteiger partial charge in [-0.25, -0.2) is 4.79 Å². The van der Waals surface area contributed by atoms with E-state index in [1.807, 2.05) is 23.2 Å². The van der Waals surface area contributed by atoms with E-state index in [9.17, 15) is 19.5 Å². The van der Waals surface area contributed by atoms with Crippen LogP contribution in [0.5, 0.6) is 5.75 Å². The molecule has 136 valence electrons. The summed E-state index contributed by atoms with van der Waals surface area (Å²) in [5, 5.41) is 12.6. The molecular weight excluding hydrogens is 338 g/mol. The maximum atomic E-state index is 12.6. The van der Waals surface area contributed by atoms with Crippen molar-refractivity contribution in [2.75, 3.05) is 6.61 Å². The summed E-state index contributed by atoms with van der Waals surface area (Å²) in [5.74, 6) is 0.367. The highest BCUT2D eigenvalue weighted by atomic mass is 16.5. The second-order valence-electron chi connectivity index (χ2n) is 6.79. The van der Waals surface area contributed by atoms with Crippen LogP contribution in [0.3, 0.4) is 0 Å². The largest absolute Gasteiger partial charge is 0.493 e. The van der Waals surface area contributed by atoms with Gasteiger partial charge in [0.25, 0.3) is 11.5 Å². The van der Waals surface area contributed by atoms with Gasteiger partial charge >= 0.3 is 5.69 Å². The van der Waals surface area contributed by atoms with Crippen molar-refractivity contribution >= 4 is 5.91 Å². The molecule has 1 fully saturated rings. The van der Waals surface area contributed by atoms with Crippen LogP contribution in [0.25, 0.3) is 0 Å². The van der Waals surface area contributed by atoms with Gasteiger partial charge in [0.05, 0.1) is 18.8 Å². The molecule has 8 nitrogen and oxygen atoms in total. The first kappa shape index (κ1) is 16.6. The molecule has 1 aliphatic heterocycles. The van der Waals surface area contributed by atoms with Gasteiger partial charge in [-0.05, 0) is 42.0 Å². The zero-order valence-electron chi connectivity index (χ0n) is 14.0. The second kappa shape index (κ2) is 6.45. The number of aliphatic hydroxyl groups is 1. The number of ether oxygens (including phenoxy) is 1. The summed E-state index contributed by atoms with van der Waals surface area (Å²) >= 11 is 0. The molecule has 2 aromatic rings. The number of hydrogen-bond acceptors (Lipinski definition) is 5. The Labute approximate surface area is 148 Å². The zero-order valence-corrected chi connectivity index (χ0v) is 14.0. The number of rotatable bonds is 4. The molecule has 2 aliphatic rings. The van der Waals surface area contributed by atoms with Crippen molar-refractivity contribution in [3.05, 3.63) is 61.9 Å². The summed E-state index contributed by atoms with van der Waals surface area (Å²) in [6, 6.07) is 5.47. The molecule has 1 aromatic heterocycles. The fourth-order valence-corrected chi connectivity index (χ4v) is 3.57. The maximum Gasteiger partial charge on any atom is 0.325 e. The molecule has 0 saturated heterocycles. The lowest BCUT2D eigenvalue weighted by Crippen LogP contribution is -2.43. The molecule has 8 heteroatoms. The lowest BCUT2D eigenvalue weighted by Gasteiger charge is -2.38. The number of fused-ring (bicyclic) bond motifs is 1. The summed E-state index contributed by atoms with van der Waals surface area (Å²) in [7, 11) is 0. The van der Waals surface area contributed by atoms with Crippen molar-refractivity contribution in [1.82, 2.24) is 15.3 Å². The van der Waals surface area contributed by atoms with E-state index in [4.69, 9.17) is 4.74 Å². The predicted molar refractivity (Wildman–Crippen MR) is 92.3 cm³/mol. The van der Waals surface area contributed by atoms with Gasteiger partial charge in [-0.1, -0.05) is 6.07 Å². The molecule has 0 bridgehead atoms. The van der Waals surface area contributed by atoms with Crippen LogP contribution in [0.4, 0.5) is 0 Å². The Morgan fingerprint density at radius 1 is 1.31 bits per heavy atom. The number of carbonyl (C=O) groups is 1. The van der Waals surface area contributed by atoms with E-state index in [2.05, 4.69) is 10.3 Å². The van der Waals surface area contributed by atoms with Gasteiger partial charge < -0.3 is 20.1 Å². The Hall–Kier alpha value is -2.87. The van der Waals surface area contributed by atoms with Crippen molar-refractivity contribution in [3.8, 4) is 5.75 Å². The lowest BCUT2D eigenvalue weighted by molar-refractivity contribution is 0.0235. The molecule has 2 heterocycles. The van der Waals surface area contributed by atoms with Crippen LogP contribution in [0, 0.1) is 5.92 Å². The molecule has 1 atom stereocenters. The van der Waals surface area contributed by atoms with E-state index in [-0.39, 0.29) is 23.6 Å². The first-order valence-electron chi connectivity index (χ1n) is 8.58. The molecule has 1 saturated carbocycles. The number of aliphatic hydroxyl groups excluding tert-OH is 1. The third kappa shape index (κ3) is 3.03. The predicted octanol–water partition coefficient (Wildman–Crippen LogP) is 0.240. The number of aromatic amines is 2. The van der Waals surface area contributed by atoms with Crippen LogP contribution in [-0.4, -0.2) is 33.7 Å². The van der Waals surface area contributed by atoms with Crippen LogP contribution < -0.4 is 21.3 Å². The van der Waals surface area contributed by atoms with Crippen molar-refractivity contribution in [3.63, 3.8) is 0 Å². The number of carbonyl (C=O) groups excluding carboxylic acids is 1. The fourth-order valence-electron chi connectivity index (χ4n) is 3.57. The lowest BCUT2D eigenvalue weighted by atomic mass is 9.74. The molecule has 4 N–H and O–H groups in total. The average molecular weight is 357 g/mol. The third-order valence-electron chi connectivity index (χ3n) is 5.04. The summed E-state index contributed by atoms with van der Waals surface area (Å²) in [6.07, 6.45) is 2.73. The first-order chi connectivity index (χ1) is 12.5. The van der Waals surface area contributed by atoms with E-state index in [1.54, 1.807) is 0 Å². The van der Waals surface area contributed by atoms with E-state index in [0.29, 0.717) is 19.4 Å². The summed E-state index contributed by atoms with van der Waals surface area (Å²) in [6.45, 7) is 0.644. The number of amides is 1. The fraction of sp³-hybridized carbons (Fsp3) is 0.389. The quantitative estimate of drug-likeness (QED) is 0.624. The normalized spacial score (nSPS) is 22.0. The third-order valence-corrected chi connectivity index (χ3v) is 5.04.